The van der Waals surface area contributed by atoms with Gasteiger partial charge in [0.25, 0.3) is 0 Å². The average Bonchev–Trinajstić information content (AvgIpc) is 2.84. The van der Waals surface area contributed by atoms with Crippen LogP contribution in [0.4, 0.5) is 4.39 Å². The van der Waals surface area contributed by atoms with E-state index in [9.17, 15) is 9.18 Å². The van der Waals surface area contributed by atoms with E-state index in [2.05, 4.69) is 25.9 Å². The number of nitrogens with one attached hydrogen (secondary N) is 1. The van der Waals surface area contributed by atoms with Gasteiger partial charge in [-0.05, 0) is 30.7 Å². The monoisotopic (exact) mass is 348 g/mol. The quantitative estimate of drug-likeness (QED) is 0.731. The van der Waals surface area contributed by atoms with Gasteiger partial charge in [-0.15, -0.1) is 0 Å². The van der Waals surface area contributed by atoms with E-state index in [0.29, 0.717) is 11.3 Å². The number of H-pyrrole nitrogens is 1. The van der Waals surface area contributed by atoms with E-state index in [0.717, 1.165) is 21.7 Å². The molecule has 0 fully saturated rings. The number of imidazole rings is 1. The van der Waals surface area contributed by atoms with Crippen molar-refractivity contribution in [2.24, 2.45) is 0 Å². The smallest absolute Gasteiger partial charge is 0.338 e. The van der Waals surface area contributed by atoms with Crippen LogP contribution >= 0.6 is 15.9 Å². The topological polar surface area (TPSA) is 66.0 Å². The molecule has 0 amide bonds. The number of aromatic carboxylic acids is 1. The van der Waals surface area contributed by atoms with Crippen molar-refractivity contribution in [3.05, 3.63) is 51.7 Å². The van der Waals surface area contributed by atoms with Crippen molar-refractivity contribution in [3.63, 3.8) is 0 Å². The minimum Gasteiger partial charge on any atom is -0.478 e. The van der Waals surface area contributed by atoms with Crippen LogP contribution < -0.4 is 0 Å². The van der Waals surface area contributed by atoms with Gasteiger partial charge in [0.1, 0.15) is 17.2 Å². The third-order valence-electron chi connectivity index (χ3n) is 3.23. The fourth-order valence-corrected chi connectivity index (χ4v) is 2.50. The van der Waals surface area contributed by atoms with Crippen molar-refractivity contribution in [2.75, 3.05) is 0 Å². The molecule has 0 aliphatic rings. The zero-order valence-electron chi connectivity index (χ0n) is 10.9. The Morgan fingerprint density at radius 1 is 1.33 bits per heavy atom. The Balaban J connectivity index is 2.23. The van der Waals surface area contributed by atoms with E-state index in [-0.39, 0.29) is 11.1 Å². The van der Waals surface area contributed by atoms with Crippen LogP contribution in [-0.2, 0) is 0 Å². The first-order valence-corrected chi connectivity index (χ1v) is 6.94. The number of carboxylic acids is 1. The summed E-state index contributed by atoms with van der Waals surface area (Å²) in [5.41, 5.74) is 2.32. The molecule has 1 aromatic heterocycles. The molecule has 3 aromatic rings. The van der Waals surface area contributed by atoms with Crippen molar-refractivity contribution in [3.8, 4) is 11.4 Å². The van der Waals surface area contributed by atoms with Gasteiger partial charge in [0.2, 0.25) is 0 Å². The Hall–Kier alpha value is -2.21. The maximum absolute atomic E-state index is 13.5. The zero-order chi connectivity index (χ0) is 15.1. The maximum Gasteiger partial charge on any atom is 0.338 e. The van der Waals surface area contributed by atoms with Gasteiger partial charge in [-0.1, -0.05) is 28.1 Å². The number of rotatable bonds is 2. The fourth-order valence-electron chi connectivity index (χ4n) is 2.12. The van der Waals surface area contributed by atoms with Crippen LogP contribution in [0.3, 0.4) is 0 Å². The van der Waals surface area contributed by atoms with Gasteiger partial charge < -0.3 is 10.1 Å². The summed E-state index contributed by atoms with van der Waals surface area (Å²) in [5, 5.41) is 9.14. The molecular weight excluding hydrogens is 339 g/mol. The molecule has 2 aromatic carbocycles. The van der Waals surface area contributed by atoms with Crippen molar-refractivity contribution >= 4 is 32.9 Å². The molecule has 0 aliphatic heterocycles. The van der Waals surface area contributed by atoms with Gasteiger partial charge in [0.05, 0.1) is 11.1 Å². The standard InChI is InChI=1S/C15H10BrFN2O2/c1-7-2-3-8(4-11(7)16)14-18-12-6-9(17)5-10(15(20)21)13(12)19-14/h2-6H,1H3,(H,18,19)(H,20,21). The number of halogens is 2. The van der Waals surface area contributed by atoms with E-state index in [1.54, 1.807) is 0 Å². The van der Waals surface area contributed by atoms with Gasteiger partial charge in [-0.25, -0.2) is 14.2 Å². The molecule has 0 saturated heterocycles. The summed E-state index contributed by atoms with van der Waals surface area (Å²) in [5.74, 6) is -1.32. The number of fused-ring (bicyclic) bond motifs is 1. The third kappa shape index (κ3) is 2.42. The largest absolute Gasteiger partial charge is 0.478 e. The van der Waals surface area contributed by atoms with E-state index in [4.69, 9.17) is 5.11 Å². The molecule has 0 saturated carbocycles. The number of hydrogen-bond donors (Lipinski definition) is 2. The van der Waals surface area contributed by atoms with Crippen molar-refractivity contribution in [1.82, 2.24) is 9.97 Å². The van der Waals surface area contributed by atoms with Crippen molar-refractivity contribution in [1.29, 1.82) is 0 Å². The molecule has 0 bridgehead atoms. The summed E-state index contributed by atoms with van der Waals surface area (Å²) in [4.78, 5) is 18.4. The molecule has 2 N–H and O–H groups in total. The normalized spacial score (nSPS) is 11.0. The summed E-state index contributed by atoms with van der Waals surface area (Å²) in [7, 11) is 0. The second-order valence-corrected chi connectivity index (χ2v) is 5.56. The molecule has 0 spiro atoms. The predicted molar refractivity (Wildman–Crippen MR) is 80.9 cm³/mol. The Morgan fingerprint density at radius 2 is 2.10 bits per heavy atom. The number of nitrogens with zero attached hydrogens (tertiary/aromatic N) is 1. The second kappa shape index (κ2) is 4.96. The molecule has 0 aliphatic carbocycles. The van der Waals surface area contributed by atoms with E-state index < -0.39 is 11.8 Å². The van der Waals surface area contributed by atoms with Crippen LogP contribution in [-0.4, -0.2) is 21.0 Å². The first-order chi connectivity index (χ1) is 9.95. The van der Waals surface area contributed by atoms with E-state index in [1.807, 2.05) is 25.1 Å². The molecule has 0 atom stereocenters. The lowest BCUT2D eigenvalue weighted by Crippen LogP contribution is -1.98. The lowest BCUT2D eigenvalue weighted by molar-refractivity contribution is 0.0698. The van der Waals surface area contributed by atoms with E-state index >= 15 is 0 Å². The summed E-state index contributed by atoms with van der Waals surface area (Å²) in [6, 6.07) is 7.88. The van der Waals surface area contributed by atoms with Crippen LogP contribution in [0.15, 0.2) is 34.8 Å². The minimum atomic E-state index is -1.21. The van der Waals surface area contributed by atoms with Gasteiger partial charge >= 0.3 is 5.97 Å². The number of aromatic nitrogens is 2. The van der Waals surface area contributed by atoms with Gasteiger partial charge in [0.15, 0.2) is 0 Å². The molecule has 1 heterocycles. The van der Waals surface area contributed by atoms with Crippen LogP contribution in [0.1, 0.15) is 15.9 Å². The van der Waals surface area contributed by atoms with Crippen LogP contribution in [0.5, 0.6) is 0 Å². The molecule has 6 heteroatoms. The number of benzene rings is 2. The Kier molecular flexibility index (Phi) is 3.25. The molecule has 4 nitrogen and oxygen atoms in total. The highest BCUT2D eigenvalue weighted by Gasteiger charge is 2.16. The van der Waals surface area contributed by atoms with E-state index in [1.165, 1.54) is 6.07 Å². The highest BCUT2D eigenvalue weighted by molar-refractivity contribution is 9.10. The number of carbonyl (C=O) groups is 1. The number of carboxylic acid groups (broad SMARTS) is 1. The Morgan fingerprint density at radius 3 is 2.76 bits per heavy atom. The predicted octanol–water partition coefficient (Wildman–Crippen LogP) is 4.14. The first kappa shape index (κ1) is 13.8. The molecular formula is C15H10BrFN2O2. The fraction of sp³-hybridized carbons (Fsp3) is 0.0667. The summed E-state index contributed by atoms with van der Waals surface area (Å²) < 4.78 is 14.4. The number of aromatic amines is 1. The third-order valence-corrected chi connectivity index (χ3v) is 4.08. The van der Waals surface area contributed by atoms with Crippen LogP contribution in [0, 0.1) is 12.7 Å². The second-order valence-electron chi connectivity index (χ2n) is 4.70. The summed E-state index contributed by atoms with van der Waals surface area (Å²) in [6.45, 7) is 1.96. The zero-order valence-corrected chi connectivity index (χ0v) is 12.5. The maximum atomic E-state index is 13.5. The lowest BCUT2D eigenvalue weighted by atomic mass is 10.1. The van der Waals surface area contributed by atoms with Crippen molar-refractivity contribution in [2.45, 2.75) is 6.92 Å². The lowest BCUT2D eigenvalue weighted by Gasteiger charge is -2.00. The molecule has 21 heavy (non-hydrogen) atoms. The van der Waals surface area contributed by atoms with Crippen molar-refractivity contribution < 1.29 is 14.3 Å². The molecule has 3 rings (SSSR count). The van der Waals surface area contributed by atoms with Crippen LogP contribution in [0.2, 0.25) is 0 Å². The van der Waals surface area contributed by atoms with Crippen LogP contribution in [0.25, 0.3) is 22.4 Å². The SMILES string of the molecule is Cc1ccc(-c2nc3c(C(=O)O)cc(F)cc3[nH]2)cc1Br. The number of hydrogen-bond acceptors (Lipinski definition) is 2. The Bertz CT molecular complexity index is 873. The molecule has 0 radical (unpaired) electrons. The molecule has 0 unspecified atom stereocenters. The summed E-state index contributed by atoms with van der Waals surface area (Å²) in [6.07, 6.45) is 0. The van der Waals surface area contributed by atoms with Gasteiger partial charge in [-0.2, -0.15) is 0 Å². The highest BCUT2D eigenvalue weighted by Crippen LogP contribution is 2.27. The van der Waals surface area contributed by atoms with Gasteiger partial charge in [0, 0.05) is 10.0 Å². The highest BCUT2D eigenvalue weighted by atomic mass is 79.9. The summed E-state index contributed by atoms with van der Waals surface area (Å²) >= 11 is 3.44. The average molecular weight is 349 g/mol. The molecule has 106 valence electrons. The minimum absolute atomic E-state index is 0.154. The first-order valence-electron chi connectivity index (χ1n) is 6.15. The Labute approximate surface area is 127 Å². The van der Waals surface area contributed by atoms with Gasteiger partial charge in [-0.3, -0.25) is 0 Å². The number of aryl methyl sites for hydroxylation is 1.